The Labute approximate surface area is 86.1 Å². The van der Waals surface area contributed by atoms with Crippen molar-refractivity contribution in [3.63, 3.8) is 0 Å². The van der Waals surface area contributed by atoms with E-state index >= 15 is 0 Å². The van der Waals surface area contributed by atoms with Crippen LogP contribution in [-0.2, 0) is 6.42 Å². The van der Waals surface area contributed by atoms with Gasteiger partial charge in [-0.2, -0.15) is 0 Å². The standard InChI is InChI=1S/C9H10N4O2/c10-13-11-9(6-14)5-7-1-3-8(12-15)4-2-7/h1-4,9,14H,5-6H2/t9-/m0/s1. The van der Waals surface area contributed by atoms with E-state index in [0.29, 0.717) is 12.1 Å². The summed E-state index contributed by atoms with van der Waals surface area (Å²) in [6.07, 6.45) is 0.444. The van der Waals surface area contributed by atoms with Crippen LogP contribution in [0.15, 0.2) is 34.6 Å². The van der Waals surface area contributed by atoms with Gasteiger partial charge in [0.25, 0.3) is 0 Å². The molecule has 78 valence electrons. The molecule has 0 aliphatic heterocycles. The average molecular weight is 206 g/mol. The number of azide groups is 1. The van der Waals surface area contributed by atoms with Crippen LogP contribution in [-0.4, -0.2) is 17.8 Å². The fourth-order valence-corrected chi connectivity index (χ4v) is 1.18. The highest BCUT2D eigenvalue weighted by Crippen LogP contribution is 2.14. The lowest BCUT2D eigenvalue weighted by Crippen LogP contribution is -2.12. The maximum atomic E-state index is 10.1. The molecular weight excluding hydrogens is 196 g/mol. The number of aliphatic hydroxyl groups excluding tert-OH is 1. The van der Waals surface area contributed by atoms with Gasteiger partial charge in [0.05, 0.1) is 12.6 Å². The quantitative estimate of drug-likeness (QED) is 0.346. The molecule has 6 nitrogen and oxygen atoms in total. The maximum absolute atomic E-state index is 10.1. The molecule has 0 bridgehead atoms. The second kappa shape index (κ2) is 5.74. The highest BCUT2D eigenvalue weighted by Gasteiger charge is 2.05. The van der Waals surface area contributed by atoms with E-state index in [1.54, 1.807) is 24.3 Å². The minimum absolute atomic E-state index is 0.197. The summed E-state index contributed by atoms with van der Waals surface area (Å²) in [6, 6.07) is 6.11. The van der Waals surface area contributed by atoms with Gasteiger partial charge in [-0.05, 0) is 34.8 Å². The fourth-order valence-electron chi connectivity index (χ4n) is 1.18. The van der Waals surface area contributed by atoms with Crippen LogP contribution in [0.1, 0.15) is 5.56 Å². The van der Waals surface area contributed by atoms with Gasteiger partial charge in [-0.3, -0.25) is 0 Å². The molecule has 0 aliphatic rings. The van der Waals surface area contributed by atoms with Gasteiger partial charge in [-0.1, -0.05) is 17.2 Å². The van der Waals surface area contributed by atoms with Gasteiger partial charge >= 0.3 is 0 Å². The Morgan fingerprint density at radius 2 is 2.07 bits per heavy atom. The predicted octanol–water partition coefficient (Wildman–Crippen LogP) is 2.30. The second-order valence-electron chi connectivity index (χ2n) is 3.00. The summed E-state index contributed by atoms with van der Waals surface area (Å²) in [5.74, 6) is 0. The number of benzene rings is 1. The molecule has 0 aliphatic carbocycles. The van der Waals surface area contributed by atoms with Gasteiger partial charge in [0.1, 0.15) is 5.69 Å². The normalized spacial score (nSPS) is 11.5. The van der Waals surface area contributed by atoms with Crippen LogP contribution in [0.3, 0.4) is 0 Å². The monoisotopic (exact) mass is 206 g/mol. The molecule has 0 saturated carbocycles. The Kier molecular flexibility index (Phi) is 4.28. The lowest BCUT2D eigenvalue weighted by Gasteiger charge is -2.06. The van der Waals surface area contributed by atoms with Crippen molar-refractivity contribution in [3.8, 4) is 0 Å². The van der Waals surface area contributed by atoms with Crippen LogP contribution in [0, 0.1) is 4.91 Å². The number of nitrogens with zero attached hydrogens (tertiary/aromatic N) is 4. The number of rotatable bonds is 5. The lowest BCUT2D eigenvalue weighted by atomic mass is 10.1. The molecule has 0 amide bonds. The first kappa shape index (κ1) is 11.2. The van der Waals surface area contributed by atoms with E-state index in [9.17, 15) is 4.91 Å². The van der Waals surface area contributed by atoms with Gasteiger partial charge in [0.15, 0.2) is 0 Å². The van der Waals surface area contributed by atoms with Gasteiger partial charge in [-0.25, -0.2) is 0 Å². The predicted molar refractivity (Wildman–Crippen MR) is 55.6 cm³/mol. The van der Waals surface area contributed by atoms with Crippen molar-refractivity contribution in [2.75, 3.05) is 6.61 Å². The summed E-state index contributed by atoms with van der Waals surface area (Å²) in [5.41, 5.74) is 9.45. The minimum atomic E-state index is -0.468. The lowest BCUT2D eigenvalue weighted by molar-refractivity contribution is 0.265. The van der Waals surface area contributed by atoms with Gasteiger partial charge in [-0.15, -0.1) is 4.91 Å². The van der Waals surface area contributed by atoms with Gasteiger partial charge < -0.3 is 5.11 Å². The second-order valence-corrected chi connectivity index (χ2v) is 3.00. The van der Waals surface area contributed by atoms with Gasteiger partial charge in [0, 0.05) is 4.91 Å². The molecule has 0 fully saturated rings. The first-order valence-corrected chi connectivity index (χ1v) is 4.37. The van der Waals surface area contributed by atoms with Crippen molar-refractivity contribution in [1.82, 2.24) is 0 Å². The maximum Gasteiger partial charge on any atom is 0.108 e. The Hall–Kier alpha value is -1.91. The van der Waals surface area contributed by atoms with Crippen molar-refractivity contribution in [2.24, 2.45) is 10.3 Å². The fraction of sp³-hybridized carbons (Fsp3) is 0.333. The summed E-state index contributed by atoms with van der Waals surface area (Å²) >= 11 is 0. The van der Waals surface area contributed by atoms with Crippen LogP contribution in [0.2, 0.25) is 0 Å². The topological polar surface area (TPSA) is 98.4 Å². The number of aliphatic hydroxyl groups is 1. The van der Waals surface area contributed by atoms with Gasteiger partial charge in [0.2, 0.25) is 0 Å². The molecule has 1 N–H and O–H groups in total. The number of hydrogen-bond acceptors (Lipinski definition) is 4. The van der Waals surface area contributed by atoms with Crippen LogP contribution >= 0.6 is 0 Å². The Bertz CT molecular complexity index is 370. The average Bonchev–Trinajstić information content (AvgIpc) is 2.29. The molecule has 15 heavy (non-hydrogen) atoms. The van der Waals surface area contributed by atoms with E-state index in [2.05, 4.69) is 15.2 Å². The highest BCUT2D eigenvalue weighted by atomic mass is 16.3. The zero-order valence-electron chi connectivity index (χ0n) is 7.95. The number of nitroso groups, excluding NO2 is 1. The molecule has 1 rings (SSSR count). The third-order valence-electron chi connectivity index (χ3n) is 1.94. The zero-order valence-corrected chi connectivity index (χ0v) is 7.95. The van der Waals surface area contributed by atoms with E-state index in [1.165, 1.54) is 0 Å². The molecule has 0 spiro atoms. The molecule has 1 aromatic rings. The summed E-state index contributed by atoms with van der Waals surface area (Å²) in [5, 5.41) is 15.1. The smallest absolute Gasteiger partial charge is 0.108 e. The van der Waals surface area contributed by atoms with E-state index in [1.807, 2.05) is 0 Å². The Balaban J connectivity index is 2.70. The first-order valence-electron chi connectivity index (χ1n) is 4.37. The van der Waals surface area contributed by atoms with E-state index in [0.717, 1.165) is 5.56 Å². The molecule has 1 atom stereocenters. The van der Waals surface area contributed by atoms with Crippen molar-refractivity contribution < 1.29 is 5.11 Å². The first-order chi connectivity index (χ1) is 7.30. The number of hydrogen-bond donors (Lipinski definition) is 1. The Morgan fingerprint density at radius 3 is 2.53 bits per heavy atom. The van der Waals surface area contributed by atoms with E-state index in [4.69, 9.17) is 10.6 Å². The molecule has 0 radical (unpaired) electrons. The van der Waals surface area contributed by atoms with Crippen LogP contribution in [0.5, 0.6) is 0 Å². The largest absolute Gasteiger partial charge is 0.396 e. The van der Waals surface area contributed by atoms with Crippen LogP contribution in [0.25, 0.3) is 10.4 Å². The van der Waals surface area contributed by atoms with Crippen LogP contribution in [0.4, 0.5) is 5.69 Å². The molecule has 1 aromatic carbocycles. The summed E-state index contributed by atoms with van der Waals surface area (Å²) in [6.45, 7) is -0.197. The third-order valence-corrected chi connectivity index (χ3v) is 1.94. The van der Waals surface area contributed by atoms with E-state index in [-0.39, 0.29) is 6.61 Å². The minimum Gasteiger partial charge on any atom is -0.396 e. The molecule has 6 heteroatoms. The van der Waals surface area contributed by atoms with Crippen molar-refractivity contribution in [2.45, 2.75) is 12.5 Å². The third kappa shape index (κ3) is 3.38. The molecule has 0 aromatic heterocycles. The molecule has 0 saturated heterocycles. The molecule has 0 unspecified atom stereocenters. The van der Waals surface area contributed by atoms with E-state index < -0.39 is 6.04 Å². The van der Waals surface area contributed by atoms with Crippen molar-refractivity contribution in [3.05, 3.63) is 45.2 Å². The SMILES string of the molecule is [N-]=[N+]=N[C@H](CO)Cc1ccc(N=O)cc1. The summed E-state index contributed by atoms with van der Waals surface area (Å²) in [4.78, 5) is 12.8. The van der Waals surface area contributed by atoms with Crippen molar-refractivity contribution >= 4 is 5.69 Å². The molecular formula is C9H10N4O2. The van der Waals surface area contributed by atoms with Crippen LogP contribution < -0.4 is 0 Å². The Morgan fingerprint density at radius 1 is 1.40 bits per heavy atom. The van der Waals surface area contributed by atoms with Crippen molar-refractivity contribution in [1.29, 1.82) is 0 Å². The summed E-state index contributed by atoms with van der Waals surface area (Å²) in [7, 11) is 0. The zero-order chi connectivity index (χ0) is 11.1. The molecule has 0 heterocycles. The highest BCUT2D eigenvalue weighted by molar-refractivity contribution is 5.38. The summed E-state index contributed by atoms with van der Waals surface area (Å²) < 4.78 is 0.